The van der Waals surface area contributed by atoms with Gasteiger partial charge in [0.2, 0.25) is 0 Å². The average Bonchev–Trinajstić information content (AvgIpc) is 3.02. The molecule has 15 heavy (non-hydrogen) atoms. The lowest BCUT2D eigenvalue weighted by molar-refractivity contribution is 0.0483. The summed E-state index contributed by atoms with van der Waals surface area (Å²) >= 11 is 0. The van der Waals surface area contributed by atoms with Crippen LogP contribution in [0.5, 0.6) is 5.75 Å². The minimum atomic E-state index is -0.508. The van der Waals surface area contributed by atoms with Crippen LogP contribution >= 0.6 is 0 Å². The molecule has 1 saturated carbocycles. The average molecular weight is 207 g/mol. The molecule has 1 aliphatic carbocycles. The fourth-order valence-corrected chi connectivity index (χ4v) is 1.28. The Kier molecular flexibility index (Phi) is 2.49. The number of hydrogen-bond acceptors (Lipinski definition) is 4. The Morgan fingerprint density at radius 2 is 2.27 bits per heavy atom. The summed E-state index contributed by atoms with van der Waals surface area (Å²) < 4.78 is 5.03. The first-order chi connectivity index (χ1) is 7.18. The minimum Gasteiger partial charge on any atom is -0.505 e. The number of anilines is 1. The van der Waals surface area contributed by atoms with Crippen molar-refractivity contribution >= 4 is 11.7 Å². The summed E-state index contributed by atoms with van der Waals surface area (Å²) in [5, 5.41) is 9.52. The van der Waals surface area contributed by atoms with Crippen LogP contribution in [0.1, 0.15) is 23.2 Å². The predicted molar refractivity (Wildman–Crippen MR) is 55.5 cm³/mol. The largest absolute Gasteiger partial charge is 0.505 e. The molecule has 3 N–H and O–H groups in total. The summed E-state index contributed by atoms with van der Waals surface area (Å²) in [6.45, 7) is 0.438. The van der Waals surface area contributed by atoms with Crippen molar-refractivity contribution in [1.82, 2.24) is 0 Å². The molecule has 0 amide bonds. The Hall–Kier alpha value is -1.71. The number of rotatable bonds is 3. The van der Waals surface area contributed by atoms with Gasteiger partial charge < -0.3 is 15.6 Å². The lowest BCUT2D eigenvalue weighted by Gasteiger charge is -2.06. The topological polar surface area (TPSA) is 72.6 Å². The summed E-state index contributed by atoms with van der Waals surface area (Å²) in [5.41, 5.74) is 5.79. The molecule has 0 heterocycles. The van der Waals surface area contributed by atoms with E-state index in [4.69, 9.17) is 10.5 Å². The minimum absolute atomic E-state index is 0.135. The van der Waals surface area contributed by atoms with Gasteiger partial charge in [0.15, 0.2) is 5.75 Å². The van der Waals surface area contributed by atoms with E-state index in [1.54, 1.807) is 6.07 Å². The number of hydrogen-bond donors (Lipinski definition) is 2. The van der Waals surface area contributed by atoms with Crippen molar-refractivity contribution in [1.29, 1.82) is 0 Å². The van der Waals surface area contributed by atoms with Gasteiger partial charge >= 0.3 is 5.97 Å². The monoisotopic (exact) mass is 207 g/mol. The van der Waals surface area contributed by atoms with E-state index >= 15 is 0 Å². The van der Waals surface area contributed by atoms with Crippen LogP contribution in [-0.4, -0.2) is 17.7 Å². The van der Waals surface area contributed by atoms with Crippen molar-refractivity contribution in [2.45, 2.75) is 12.8 Å². The predicted octanol–water partition coefficient (Wildman–Crippen LogP) is 1.54. The van der Waals surface area contributed by atoms with E-state index in [9.17, 15) is 9.90 Å². The van der Waals surface area contributed by atoms with Gasteiger partial charge in [0.1, 0.15) is 5.56 Å². The number of phenols is 1. The molecule has 1 aromatic carbocycles. The zero-order valence-corrected chi connectivity index (χ0v) is 8.27. The van der Waals surface area contributed by atoms with Crippen LogP contribution in [0.4, 0.5) is 5.69 Å². The number of para-hydroxylation sites is 1. The van der Waals surface area contributed by atoms with Gasteiger partial charge in [-0.1, -0.05) is 6.07 Å². The van der Waals surface area contributed by atoms with Crippen molar-refractivity contribution in [3.8, 4) is 5.75 Å². The highest BCUT2D eigenvalue weighted by Gasteiger charge is 2.24. The van der Waals surface area contributed by atoms with Gasteiger partial charge in [-0.05, 0) is 30.9 Å². The Labute approximate surface area is 87.7 Å². The zero-order valence-electron chi connectivity index (χ0n) is 8.27. The molecule has 1 aliphatic rings. The number of aromatic hydroxyl groups is 1. The normalized spacial score (nSPS) is 14.9. The third-order valence-electron chi connectivity index (χ3n) is 2.43. The molecule has 0 bridgehead atoms. The molecular weight excluding hydrogens is 194 g/mol. The van der Waals surface area contributed by atoms with E-state index in [-0.39, 0.29) is 17.0 Å². The fourth-order valence-electron chi connectivity index (χ4n) is 1.28. The number of ether oxygens (including phenoxy) is 1. The van der Waals surface area contributed by atoms with Crippen LogP contribution in [0.15, 0.2) is 18.2 Å². The summed E-state index contributed by atoms with van der Waals surface area (Å²) in [6, 6.07) is 4.65. The number of carbonyl (C=O) groups excluding carboxylic acids is 1. The first kappa shape index (κ1) is 9.83. The number of nitrogen functional groups attached to an aromatic ring is 1. The van der Waals surface area contributed by atoms with Crippen molar-refractivity contribution in [3.63, 3.8) is 0 Å². The van der Waals surface area contributed by atoms with Gasteiger partial charge in [-0.15, -0.1) is 0 Å². The van der Waals surface area contributed by atoms with Gasteiger partial charge in [-0.25, -0.2) is 4.79 Å². The highest BCUT2D eigenvalue weighted by Crippen LogP contribution is 2.30. The molecular formula is C11H13NO3. The van der Waals surface area contributed by atoms with Crippen molar-refractivity contribution < 1.29 is 14.6 Å². The van der Waals surface area contributed by atoms with Crippen LogP contribution in [-0.2, 0) is 4.74 Å². The summed E-state index contributed by atoms with van der Waals surface area (Å²) in [6.07, 6.45) is 2.24. The Morgan fingerprint density at radius 3 is 2.93 bits per heavy atom. The smallest absolute Gasteiger partial charge is 0.342 e. The van der Waals surface area contributed by atoms with Gasteiger partial charge in [-0.2, -0.15) is 0 Å². The number of benzene rings is 1. The van der Waals surface area contributed by atoms with Crippen LogP contribution in [0.3, 0.4) is 0 Å². The maximum Gasteiger partial charge on any atom is 0.342 e. The molecule has 0 atom stereocenters. The van der Waals surface area contributed by atoms with Gasteiger partial charge in [-0.3, -0.25) is 0 Å². The van der Waals surface area contributed by atoms with Crippen molar-refractivity contribution in [2.75, 3.05) is 12.3 Å². The molecule has 2 rings (SSSR count). The van der Waals surface area contributed by atoms with E-state index in [1.165, 1.54) is 12.1 Å². The summed E-state index contributed by atoms with van der Waals surface area (Å²) in [4.78, 5) is 11.5. The SMILES string of the molecule is Nc1cccc(C(=O)OCC2CC2)c1O. The van der Waals surface area contributed by atoms with Crippen LogP contribution < -0.4 is 5.73 Å². The lowest BCUT2D eigenvalue weighted by atomic mass is 10.2. The molecule has 0 aliphatic heterocycles. The molecule has 0 saturated heterocycles. The Bertz CT molecular complexity index is 385. The van der Waals surface area contributed by atoms with E-state index in [2.05, 4.69) is 0 Å². The van der Waals surface area contributed by atoms with Crippen LogP contribution in [0, 0.1) is 5.92 Å². The molecule has 80 valence electrons. The second-order valence-corrected chi connectivity index (χ2v) is 3.79. The second kappa shape index (κ2) is 3.81. The summed E-state index contributed by atoms with van der Waals surface area (Å²) in [7, 11) is 0. The van der Waals surface area contributed by atoms with E-state index in [0.717, 1.165) is 12.8 Å². The fraction of sp³-hybridized carbons (Fsp3) is 0.364. The highest BCUT2D eigenvalue weighted by atomic mass is 16.5. The summed E-state index contributed by atoms with van der Waals surface area (Å²) in [5.74, 6) is -0.192. The van der Waals surface area contributed by atoms with E-state index in [1.807, 2.05) is 0 Å². The van der Waals surface area contributed by atoms with E-state index in [0.29, 0.717) is 12.5 Å². The van der Waals surface area contributed by atoms with E-state index < -0.39 is 5.97 Å². The molecule has 0 aromatic heterocycles. The molecule has 1 fully saturated rings. The Balaban J connectivity index is 2.06. The first-order valence-electron chi connectivity index (χ1n) is 4.93. The van der Waals surface area contributed by atoms with Crippen molar-refractivity contribution in [2.24, 2.45) is 5.92 Å². The quantitative estimate of drug-likeness (QED) is 0.448. The molecule has 4 nitrogen and oxygen atoms in total. The van der Waals surface area contributed by atoms with Gasteiger partial charge in [0.05, 0.1) is 12.3 Å². The third kappa shape index (κ3) is 2.21. The molecule has 4 heteroatoms. The molecule has 0 radical (unpaired) electrons. The number of carbonyl (C=O) groups is 1. The highest BCUT2D eigenvalue weighted by molar-refractivity contribution is 5.94. The number of nitrogens with two attached hydrogens (primary N) is 1. The number of phenolic OH excluding ortho intramolecular Hbond substituents is 1. The second-order valence-electron chi connectivity index (χ2n) is 3.79. The molecule has 1 aromatic rings. The first-order valence-corrected chi connectivity index (χ1v) is 4.93. The van der Waals surface area contributed by atoms with Gasteiger partial charge in [0.25, 0.3) is 0 Å². The molecule has 0 spiro atoms. The molecule has 0 unspecified atom stereocenters. The third-order valence-corrected chi connectivity index (χ3v) is 2.43. The maximum absolute atomic E-state index is 11.5. The van der Waals surface area contributed by atoms with Crippen molar-refractivity contribution in [3.05, 3.63) is 23.8 Å². The zero-order chi connectivity index (χ0) is 10.8. The van der Waals surface area contributed by atoms with Crippen LogP contribution in [0.2, 0.25) is 0 Å². The van der Waals surface area contributed by atoms with Gasteiger partial charge in [0, 0.05) is 0 Å². The van der Waals surface area contributed by atoms with Crippen LogP contribution in [0.25, 0.3) is 0 Å². The lowest BCUT2D eigenvalue weighted by Crippen LogP contribution is -2.08. The standard InChI is InChI=1S/C11H13NO3/c12-9-3-1-2-8(10(9)13)11(14)15-6-7-4-5-7/h1-3,7,13H,4-6,12H2. The maximum atomic E-state index is 11.5. The Morgan fingerprint density at radius 1 is 1.53 bits per heavy atom. The number of esters is 1.